The lowest BCUT2D eigenvalue weighted by atomic mass is 9.79. The highest BCUT2D eigenvalue weighted by Gasteiger charge is 2.61. The Labute approximate surface area is 72.6 Å². The van der Waals surface area contributed by atoms with Gasteiger partial charge in [0.25, 0.3) is 0 Å². The van der Waals surface area contributed by atoms with Gasteiger partial charge in [-0.15, -0.1) is 0 Å². The van der Waals surface area contributed by atoms with Crippen LogP contribution < -0.4 is 0 Å². The van der Waals surface area contributed by atoms with Crippen LogP contribution in [0, 0.1) is 5.92 Å². The first-order valence-electron chi connectivity index (χ1n) is 4.40. The van der Waals surface area contributed by atoms with E-state index in [1.807, 2.05) is 13.8 Å². The number of carbonyl (C=O) groups is 1. The van der Waals surface area contributed by atoms with Gasteiger partial charge in [-0.3, -0.25) is 4.79 Å². The van der Waals surface area contributed by atoms with Gasteiger partial charge in [-0.05, 0) is 26.2 Å². The maximum atomic E-state index is 11.5. The molecular weight excluding hydrogens is 152 g/mol. The van der Waals surface area contributed by atoms with E-state index in [0.717, 1.165) is 12.0 Å². The van der Waals surface area contributed by atoms with Gasteiger partial charge in [-0.25, -0.2) is 0 Å². The van der Waals surface area contributed by atoms with Gasteiger partial charge in [0.1, 0.15) is 5.60 Å². The summed E-state index contributed by atoms with van der Waals surface area (Å²) in [6.45, 7) is 7.77. The summed E-state index contributed by atoms with van der Waals surface area (Å²) in [5.74, 6) is 0.616. The van der Waals surface area contributed by atoms with E-state index in [0.29, 0.717) is 12.3 Å². The van der Waals surface area contributed by atoms with Gasteiger partial charge in [0, 0.05) is 6.42 Å². The molecule has 2 aliphatic rings. The molecule has 3 atom stereocenters. The Balaban J connectivity index is 2.12. The number of Topliss-reactive ketones (excluding diaryl/α,β-unsaturated/α-hetero) is 1. The molecule has 0 aromatic heterocycles. The molecule has 0 radical (unpaired) electrons. The van der Waals surface area contributed by atoms with Crippen LogP contribution in [0.25, 0.3) is 0 Å². The van der Waals surface area contributed by atoms with Crippen molar-refractivity contribution in [2.24, 2.45) is 5.92 Å². The molecule has 0 spiro atoms. The minimum atomic E-state index is -0.411. The first-order chi connectivity index (χ1) is 5.54. The van der Waals surface area contributed by atoms with Crippen molar-refractivity contribution >= 4 is 5.78 Å². The largest absolute Gasteiger partial charge is 0.358 e. The van der Waals surface area contributed by atoms with Crippen molar-refractivity contribution in [1.82, 2.24) is 0 Å². The third-order valence-electron chi connectivity index (χ3n) is 3.13. The summed E-state index contributed by atoms with van der Waals surface area (Å²) < 4.78 is 5.37. The van der Waals surface area contributed by atoms with Crippen molar-refractivity contribution in [3.63, 3.8) is 0 Å². The topological polar surface area (TPSA) is 29.6 Å². The first-order valence-corrected chi connectivity index (χ1v) is 4.40. The van der Waals surface area contributed by atoms with E-state index in [9.17, 15) is 4.79 Å². The average Bonchev–Trinajstić information content (AvgIpc) is 2.62. The first kappa shape index (κ1) is 7.99. The van der Waals surface area contributed by atoms with E-state index >= 15 is 0 Å². The van der Waals surface area contributed by atoms with Crippen molar-refractivity contribution in [3.8, 4) is 0 Å². The lowest BCUT2D eigenvalue weighted by Gasteiger charge is -2.21. The van der Waals surface area contributed by atoms with Crippen molar-refractivity contribution < 1.29 is 9.53 Å². The smallest absolute Gasteiger partial charge is 0.167 e. The zero-order valence-electron chi connectivity index (χ0n) is 7.59. The summed E-state index contributed by atoms with van der Waals surface area (Å²) in [4.78, 5) is 11.5. The number of fused-ring (bicyclic) bond motifs is 1. The Morgan fingerprint density at radius 1 is 1.75 bits per heavy atom. The fourth-order valence-corrected chi connectivity index (χ4v) is 1.92. The minimum absolute atomic E-state index is 0.181. The quantitative estimate of drug-likeness (QED) is 0.438. The fraction of sp³-hybridized carbons (Fsp3) is 0.700. The van der Waals surface area contributed by atoms with Gasteiger partial charge in [0.2, 0.25) is 0 Å². The molecule has 12 heavy (non-hydrogen) atoms. The Hall–Kier alpha value is -0.630. The SMILES string of the molecule is C=C(C)[C@H]1CC(=O)[C@]2(C)O[C@@H]2C1. The molecule has 0 amide bonds. The number of rotatable bonds is 1. The highest BCUT2D eigenvalue weighted by molar-refractivity contribution is 5.91. The minimum Gasteiger partial charge on any atom is -0.358 e. The second kappa shape index (κ2) is 2.19. The average molecular weight is 166 g/mol. The molecule has 0 aromatic carbocycles. The zero-order chi connectivity index (χ0) is 8.93. The molecule has 1 heterocycles. The molecule has 2 heteroatoms. The zero-order valence-corrected chi connectivity index (χ0v) is 7.59. The maximum Gasteiger partial charge on any atom is 0.167 e. The number of hydrogen-bond donors (Lipinski definition) is 0. The molecule has 2 nitrogen and oxygen atoms in total. The third kappa shape index (κ3) is 0.944. The standard InChI is InChI=1S/C10H14O2/c1-6(2)7-4-8(11)10(3)9(5-7)12-10/h7,9H,1,4-5H2,2-3H3/t7-,9+,10-/m0/s1. The van der Waals surface area contributed by atoms with Gasteiger partial charge in [0.15, 0.2) is 5.78 Å². The number of ether oxygens (including phenoxy) is 1. The number of carbonyl (C=O) groups excluding carboxylic acids is 1. The van der Waals surface area contributed by atoms with Crippen LogP contribution in [-0.4, -0.2) is 17.5 Å². The van der Waals surface area contributed by atoms with Crippen LogP contribution in [0.1, 0.15) is 26.7 Å². The Morgan fingerprint density at radius 2 is 2.42 bits per heavy atom. The molecule has 0 aromatic rings. The molecule has 1 aliphatic carbocycles. The van der Waals surface area contributed by atoms with Crippen LogP contribution >= 0.6 is 0 Å². The van der Waals surface area contributed by atoms with Crippen LogP contribution in [0.2, 0.25) is 0 Å². The summed E-state index contributed by atoms with van der Waals surface area (Å²) in [6.07, 6.45) is 1.79. The summed E-state index contributed by atoms with van der Waals surface area (Å²) in [5.41, 5.74) is 0.701. The lowest BCUT2D eigenvalue weighted by molar-refractivity contribution is -0.124. The highest BCUT2D eigenvalue weighted by atomic mass is 16.6. The van der Waals surface area contributed by atoms with Crippen LogP contribution in [-0.2, 0) is 9.53 Å². The normalized spacial score (nSPS) is 45.3. The predicted octanol–water partition coefficient (Wildman–Crippen LogP) is 1.70. The van der Waals surface area contributed by atoms with E-state index in [-0.39, 0.29) is 11.9 Å². The molecule has 1 saturated carbocycles. The van der Waals surface area contributed by atoms with Crippen LogP contribution in [0.15, 0.2) is 12.2 Å². The van der Waals surface area contributed by atoms with Crippen molar-refractivity contribution in [1.29, 1.82) is 0 Å². The van der Waals surface area contributed by atoms with E-state index in [2.05, 4.69) is 6.58 Å². The molecule has 66 valence electrons. The van der Waals surface area contributed by atoms with E-state index < -0.39 is 5.60 Å². The van der Waals surface area contributed by atoms with Gasteiger partial charge in [-0.2, -0.15) is 0 Å². The molecular formula is C10H14O2. The Bertz CT molecular complexity index is 257. The van der Waals surface area contributed by atoms with Gasteiger partial charge < -0.3 is 4.74 Å². The number of ketones is 1. The molecule has 2 fully saturated rings. The number of epoxide rings is 1. The molecule has 0 bridgehead atoms. The molecule has 0 unspecified atom stereocenters. The highest BCUT2D eigenvalue weighted by Crippen LogP contribution is 2.48. The second-order valence-electron chi connectivity index (χ2n) is 4.12. The maximum absolute atomic E-state index is 11.5. The predicted molar refractivity (Wildman–Crippen MR) is 45.8 cm³/mol. The monoisotopic (exact) mass is 166 g/mol. The van der Waals surface area contributed by atoms with Crippen LogP contribution in [0.4, 0.5) is 0 Å². The van der Waals surface area contributed by atoms with Gasteiger partial charge >= 0.3 is 0 Å². The van der Waals surface area contributed by atoms with Crippen LogP contribution in [0.5, 0.6) is 0 Å². The van der Waals surface area contributed by atoms with Crippen molar-refractivity contribution in [3.05, 3.63) is 12.2 Å². The third-order valence-corrected chi connectivity index (χ3v) is 3.13. The van der Waals surface area contributed by atoms with E-state index in [1.54, 1.807) is 0 Å². The molecule has 1 aliphatic heterocycles. The Morgan fingerprint density at radius 3 is 2.92 bits per heavy atom. The van der Waals surface area contributed by atoms with Crippen molar-refractivity contribution in [2.45, 2.75) is 38.4 Å². The van der Waals surface area contributed by atoms with Crippen LogP contribution in [0.3, 0.4) is 0 Å². The van der Waals surface area contributed by atoms with E-state index in [4.69, 9.17) is 4.74 Å². The van der Waals surface area contributed by atoms with Crippen molar-refractivity contribution in [2.75, 3.05) is 0 Å². The van der Waals surface area contributed by atoms with Gasteiger partial charge in [-0.1, -0.05) is 12.2 Å². The Kier molecular flexibility index (Phi) is 1.46. The van der Waals surface area contributed by atoms with E-state index in [1.165, 1.54) is 0 Å². The molecule has 1 saturated heterocycles. The lowest BCUT2D eigenvalue weighted by Crippen LogP contribution is -2.32. The number of allylic oxidation sites excluding steroid dienone is 1. The summed E-state index contributed by atoms with van der Waals surface area (Å²) in [7, 11) is 0. The molecule has 0 N–H and O–H groups in total. The number of hydrogen-bond acceptors (Lipinski definition) is 2. The summed E-state index contributed by atoms with van der Waals surface area (Å²) >= 11 is 0. The summed E-state index contributed by atoms with van der Waals surface area (Å²) in [6, 6.07) is 0. The molecule has 2 rings (SSSR count). The second-order valence-corrected chi connectivity index (χ2v) is 4.12. The van der Waals surface area contributed by atoms with Gasteiger partial charge in [0.05, 0.1) is 6.10 Å². The fourth-order valence-electron chi connectivity index (χ4n) is 1.92. The summed E-state index contributed by atoms with van der Waals surface area (Å²) in [5, 5.41) is 0.